The molecule has 0 aliphatic carbocycles. The lowest BCUT2D eigenvalue weighted by molar-refractivity contribution is -0.121. The second-order valence-electron chi connectivity index (χ2n) is 9.09. The van der Waals surface area contributed by atoms with E-state index < -0.39 is 29.2 Å². The van der Waals surface area contributed by atoms with E-state index in [-0.39, 0.29) is 34.4 Å². The minimum atomic E-state index is -1.04. The van der Waals surface area contributed by atoms with E-state index in [2.05, 4.69) is 16.7 Å². The molecule has 1 aliphatic heterocycles. The number of amides is 2. The van der Waals surface area contributed by atoms with E-state index in [0.29, 0.717) is 29.2 Å². The van der Waals surface area contributed by atoms with Crippen LogP contribution in [0, 0.1) is 17.1 Å². The summed E-state index contributed by atoms with van der Waals surface area (Å²) in [7, 11) is 1.39. The third-order valence-corrected chi connectivity index (χ3v) is 7.07. The van der Waals surface area contributed by atoms with Gasteiger partial charge in [0.25, 0.3) is 11.5 Å². The van der Waals surface area contributed by atoms with E-state index in [0.717, 1.165) is 18.9 Å². The number of nitrogens with one attached hydrogen (secondary N) is 2. The maximum atomic E-state index is 14.5. The molecule has 0 radical (unpaired) electrons. The molecule has 1 saturated heterocycles. The third-order valence-electron chi connectivity index (χ3n) is 6.53. The third kappa shape index (κ3) is 6.48. The van der Waals surface area contributed by atoms with Crippen LogP contribution in [0.1, 0.15) is 47.6 Å². The molecule has 2 atom stereocenters. The number of halogens is 3. The number of hydrogen-bond acceptors (Lipinski definition) is 5. The number of rotatable bonds is 7. The average Bonchev–Trinajstić information content (AvgIpc) is 2.93. The summed E-state index contributed by atoms with van der Waals surface area (Å²) >= 11 is 12.7. The van der Waals surface area contributed by atoms with Gasteiger partial charge in [0, 0.05) is 54.2 Å². The van der Waals surface area contributed by atoms with E-state index >= 15 is 0 Å². The summed E-state index contributed by atoms with van der Waals surface area (Å²) in [6, 6.07) is 10.6. The Hall–Kier alpha value is -3.71. The lowest BCUT2D eigenvalue weighted by atomic mass is 9.99. The van der Waals surface area contributed by atoms with Gasteiger partial charge in [-0.05, 0) is 55.7 Å². The van der Waals surface area contributed by atoms with Crippen LogP contribution in [0.15, 0.2) is 53.5 Å². The van der Waals surface area contributed by atoms with Gasteiger partial charge >= 0.3 is 0 Å². The molecule has 202 valence electrons. The Labute approximate surface area is 234 Å². The highest BCUT2D eigenvalue weighted by atomic mass is 35.5. The van der Waals surface area contributed by atoms with E-state index in [1.54, 1.807) is 12.1 Å². The highest BCUT2D eigenvalue weighted by molar-refractivity contribution is 6.34. The van der Waals surface area contributed by atoms with E-state index in [4.69, 9.17) is 27.9 Å². The average molecular weight is 571 g/mol. The maximum absolute atomic E-state index is 14.5. The van der Waals surface area contributed by atoms with Gasteiger partial charge in [-0.2, -0.15) is 5.26 Å². The molecular formula is C28H25Cl2FN4O4. The number of ether oxygens (including phenoxy) is 1. The largest absolute Gasteiger partial charge is 0.378 e. The molecular weight excluding hydrogens is 546 g/mol. The van der Waals surface area contributed by atoms with Crippen molar-refractivity contribution in [2.24, 2.45) is 0 Å². The Morgan fingerprint density at radius 1 is 1.18 bits per heavy atom. The van der Waals surface area contributed by atoms with Crippen molar-refractivity contribution < 1.29 is 18.7 Å². The second-order valence-corrected chi connectivity index (χ2v) is 9.93. The first kappa shape index (κ1) is 28.3. The smallest absolute Gasteiger partial charge is 0.253 e. The molecule has 4 rings (SSSR count). The molecule has 1 fully saturated rings. The van der Waals surface area contributed by atoms with Crippen LogP contribution in [-0.2, 0) is 9.53 Å². The first-order valence-electron chi connectivity index (χ1n) is 12.3. The summed E-state index contributed by atoms with van der Waals surface area (Å²) in [5, 5.41) is 15.0. The number of nitriles is 1. The number of benzene rings is 2. The predicted octanol–water partition coefficient (Wildman–Crippen LogP) is 5.33. The van der Waals surface area contributed by atoms with Crippen molar-refractivity contribution in [1.29, 1.82) is 5.26 Å². The lowest BCUT2D eigenvalue weighted by Crippen LogP contribution is -2.36. The zero-order chi connectivity index (χ0) is 28.1. The van der Waals surface area contributed by atoms with Gasteiger partial charge in [-0.1, -0.05) is 23.2 Å². The van der Waals surface area contributed by atoms with Gasteiger partial charge in [-0.3, -0.25) is 14.4 Å². The summed E-state index contributed by atoms with van der Waals surface area (Å²) < 4.78 is 21.6. The molecule has 2 amide bonds. The van der Waals surface area contributed by atoms with Crippen LogP contribution in [0.25, 0.3) is 11.1 Å². The standard InChI is InChI=1S/C28H25Cl2FN4O4/c1-33-27(37)20-8-7-18(11-24(20)31)34-28(38)25(12-19-4-2-3-9-39-19)35-15-23(30)22(13-26(35)36)21-10-17(29)6-5-16(21)14-32/h5-8,10-11,13,15,19,25H,2-4,9,12H2,1H3,(H,33,37)(H,34,38)/t19-,25?/m0/s1. The molecule has 11 heteroatoms. The first-order valence-corrected chi connectivity index (χ1v) is 13.0. The van der Waals surface area contributed by atoms with Crippen molar-refractivity contribution >= 4 is 40.7 Å². The zero-order valence-corrected chi connectivity index (χ0v) is 22.5. The van der Waals surface area contributed by atoms with Crippen LogP contribution in [0.3, 0.4) is 0 Å². The second kappa shape index (κ2) is 12.4. The Bertz CT molecular complexity index is 1510. The summed E-state index contributed by atoms with van der Waals surface area (Å²) in [5.41, 5.74) is 0.396. The number of nitrogens with zero attached hydrogens (tertiary/aromatic N) is 2. The SMILES string of the molecule is CNC(=O)c1ccc(NC(=O)C(C[C@@H]2CCCCO2)n2cc(Cl)c(-c3cc(Cl)ccc3C#N)cc2=O)cc1F. The van der Waals surface area contributed by atoms with Crippen molar-refractivity contribution in [2.45, 2.75) is 37.8 Å². The highest BCUT2D eigenvalue weighted by Crippen LogP contribution is 2.33. The van der Waals surface area contributed by atoms with Gasteiger partial charge in [0.15, 0.2) is 0 Å². The van der Waals surface area contributed by atoms with E-state index in [1.165, 1.54) is 42.1 Å². The van der Waals surface area contributed by atoms with Crippen LogP contribution in [0.5, 0.6) is 0 Å². The predicted molar refractivity (Wildman–Crippen MR) is 147 cm³/mol. The van der Waals surface area contributed by atoms with Gasteiger partial charge in [0.2, 0.25) is 5.91 Å². The maximum Gasteiger partial charge on any atom is 0.253 e. The van der Waals surface area contributed by atoms with Gasteiger partial charge in [0.1, 0.15) is 11.9 Å². The normalized spacial score (nSPS) is 15.7. The van der Waals surface area contributed by atoms with Crippen molar-refractivity contribution in [2.75, 3.05) is 19.0 Å². The summed E-state index contributed by atoms with van der Waals surface area (Å²) in [6.07, 6.45) is 3.81. The van der Waals surface area contributed by atoms with Gasteiger partial charge in [-0.25, -0.2) is 4.39 Å². The Balaban J connectivity index is 1.71. The number of carbonyl (C=O) groups is 2. The van der Waals surface area contributed by atoms with Crippen LogP contribution < -0.4 is 16.2 Å². The summed E-state index contributed by atoms with van der Waals surface area (Å²) in [5.74, 6) is -1.99. The monoisotopic (exact) mass is 570 g/mol. The van der Waals surface area contributed by atoms with E-state index in [1.807, 2.05) is 0 Å². The van der Waals surface area contributed by atoms with Gasteiger partial charge < -0.3 is 19.9 Å². The molecule has 0 saturated carbocycles. The molecule has 1 unspecified atom stereocenters. The molecule has 2 aromatic carbocycles. The molecule has 39 heavy (non-hydrogen) atoms. The number of hydrogen-bond donors (Lipinski definition) is 2. The topological polar surface area (TPSA) is 113 Å². The van der Waals surface area contributed by atoms with Gasteiger partial charge in [-0.15, -0.1) is 0 Å². The molecule has 1 aliphatic rings. The number of anilines is 1. The molecule has 8 nitrogen and oxygen atoms in total. The number of carbonyl (C=O) groups excluding carboxylic acids is 2. The van der Waals surface area contributed by atoms with Crippen molar-refractivity contribution in [3.63, 3.8) is 0 Å². The highest BCUT2D eigenvalue weighted by Gasteiger charge is 2.28. The summed E-state index contributed by atoms with van der Waals surface area (Å²) in [4.78, 5) is 38.7. The molecule has 0 spiro atoms. The van der Waals surface area contributed by atoms with Crippen molar-refractivity contribution in [3.05, 3.63) is 86.0 Å². The van der Waals surface area contributed by atoms with Crippen LogP contribution in [0.2, 0.25) is 10.0 Å². The molecule has 0 bridgehead atoms. The molecule has 2 heterocycles. The van der Waals surface area contributed by atoms with Crippen molar-refractivity contribution in [1.82, 2.24) is 9.88 Å². The Morgan fingerprint density at radius 3 is 2.64 bits per heavy atom. The van der Waals surface area contributed by atoms with E-state index in [9.17, 15) is 24.0 Å². The van der Waals surface area contributed by atoms with Gasteiger partial charge in [0.05, 0.1) is 28.3 Å². The Morgan fingerprint density at radius 2 is 1.97 bits per heavy atom. The van der Waals surface area contributed by atoms with Crippen LogP contribution in [-0.4, -0.2) is 36.1 Å². The minimum absolute atomic E-state index is 0.119. The molecule has 1 aromatic heterocycles. The summed E-state index contributed by atoms with van der Waals surface area (Å²) in [6.45, 7) is 0.547. The zero-order valence-electron chi connectivity index (χ0n) is 21.0. The Kier molecular flexibility index (Phi) is 9.02. The van der Waals surface area contributed by atoms with Crippen LogP contribution >= 0.6 is 23.2 Å². The minimum Gasteiger partial charge on any atom is -0.378 e. The fraction of sp³-hybridized carbons (Fsp3) is 0.286. The van der Waals surface area contributed by atoms with Crippen LogP contribution in [0.4, 0.5) is 10.1 Å². The number of aromatic nitrogens is 1. The van der Waals surface area contributed by atoms with Crippen molar-refractivity contribution in [3.8, 4) is 17.2 Å². The first-order chi connectivity index (χ1) is 18.7. The quantitative estimate of drug-likeness (QED) is 0.398. The molecule has 2 N–H and O–H groups in total. The number of pyridine rings is 1. The fourth-order valence-electron chi connectivity index (χ4n) is 4.54. The fourth-order valence-corrected chi connectivity index (χ4v) is 4.97. The molecule has 3 aromatic rings. The lowest BCUT2D eigenvalue weighted by Gasteiger charge is -2.28.